The number of amides is 1. The van der Waals surface area contributed by atoms with Crippen molar-refractivity contribution in [1.29, 1.82) is 0 Å². The predicted molar refractivity (Wildman–Crippen MR) is 67.9 cm³/mol. The van der Waals surface area contributed by atoms with Gasteiger partial charge in [-0.2, -0.15) is 5.10 Å². The maximum atomic E-state index is 13.6. The van der Waals surface area contributed by atoms with Gasteiger partial charge in [0, 0.05) is 12.6 Å². The molecule has 6 nitrogen and oxygen atoms in total. The molecule has 7 heteroatoms. The minimum Gasteiger partial charge on any atom is -0.476 e. The molecule has 0 aliphatic carbocycles. The zero-order valence-electron chi connectivity index (χ0n) is 10.5. The summed E-state index contributed by atoms with van der Waals surface area (Å²) in [6.07, 6.45) is 0.115. The molecule has 0 radical (unpaired) electrons. The SMILES string of the molecule is Cn1nc(C(=O)O)cc1-c1cc(F)cc2c1NC(=O)C2. The van der Waals surface area contributed by atoms with Gasteiger partial charge in [0.1, 0.15) is 5.82 Å². The highest BCUT2D eigenvalue weighted by Gasteiger charge is 2.24. The summed E-state index contributed by atoms with van der Waals surface area (Å²) in [6.45, 7) is 0. The molecule has 0 bridgehead atoms. The molecule has 0 spiro atoms. The molecule has 0 saturated heterocycles. The smallest absolute Gasteiger partial charge is 0.356 e. The number of carbonyl (C=O) groups is 2. The van der Waals surface area contributed by atoms with Gasteiger partial charge < -0.3 is 10.4 Å². The molecule has 3 rings (SSSR count). The fourth-order valence-corrected chi connectivity index (χ4v) is 2.33. The fraction of sp³-hybridized carbons (Fsp3) is 0.154. The highest BCUT2D eigenvalue weighted by Crippen LogP contribution is 2.35. The molecule has 20 heavy (non-hydrogen) atoms. The van der Waals surface area contributed by atoms with Crippen molar-refractivity contribution in [2.45, 2.75) is 6.42 Å². The van der Waals surface area contributed by atoms with E-state index in [9.17, 15) is 14.0 Å². The number of fused-ring (bicyclic) bond motifs is 1. The second kappa shape index (κ2) is 4.16. The predicted octanol–water partition coefficient (Wildman–Crippen LogP) is 1.42. The van der Waals surface area contributed by atoms with Crippen molar-refractivity contribution >= 4 is 17.6 Å². The van der Waals surface area contributed by atoms with E-state index in [0.717, 1.165) is 0 Å². The highest BCUT2D eigenvalue weighted by atomic mass is 19.1. The van der Waals surface area contributed by atoms with Gasteiger partial charge >= 0.3 is 5.97 Å². The Kier molecular flexibility index (Phi) is 2.56. The number of anilines is 1. The number of nitrogens with zero attached hydrogens (tertiary/aromatic N) is 2. The number of aromatic carboxylic acids is 1. The summed E-state index contributed by atoms with van der Waals surface area (Å²) >= 11 is 0. The molecule has 2 aromatic rings. The van der Waals surface area contributed by atoms with Gasteiger partial charge in [0.25, 0.3) is 0 Å². The first-order valence-corrected chi connectivity index (χ1v) is 5.85. The summed E-state index contributed by atoms with van der Waals surface area (Å²) < 4.78 is 15.0. The summed E-state index contributed by atoms with van der Waals surface area (Å²) in [5.41, 5.74) is 1.79. The zero-order valence-corrected chi connectivity index (χ0v) is 10.5. The van der Waals surface area contributed by atoms with Crippen LogP contribution in [-0.4, -0.2) is 26.8 Å². The third kappa shape index (κ3) is 1.83. The number of benzene rings is 1. The van der Waals surface area contributed by atoms with Crippen molar-refractivity contribution in [2.24, 2.45) is 7.05 Å². The normalized spacial score (nSPS) is 13.2. The molecule has 2 N–H and O–H groups in total. The van der Waals surface area contributed by atoms with Gasteiger partial charge in [-0.1, -0.05) is 0 Å². The van der Waals surface area contributed by atoms with Crippen LogP contribution in [0.5, 0.6) is 0 Å². The monoisotopic (exact) mass is 275 g/mol. The van der Waals surface area contributed by atoms with Crippen LogP contribution in [0.25, 0.3) is 11.3 Å². The summed E-state index contributed by atoms with van der Waals surface area (Å²) in [5.74, 6) is -1.86. The Labute approximate surface area is 112 Å². The van der Waals surface area contributed by atoms with E-state index >= 15 is 0 Å². The summed E-state index contributed by atoms with van der Waals surface area (Å²) in [5, 5.41) is 15.4. The Morgan fingerprint density at radius 1 is 1.45 bits per heavy atom. The second-order valence-electron chi connectivity index (χ2n) is 4.56. The van der Waals surface area contributed by atoms with Gasteiger partial charge in [-0.05, 0) is 23.8 Å². The first kappa shape index (κ1) is 12.3. The van der Waals surface area contributed by atoms with E-state index in [0.29, 0.717) is 22.5 Å². The van der Waals surface area contributed by atoms with E-state index in [2.05, 4.69) is 10.4 Å². The van der Waals surface area contributed by atoms with Crippen molar-refractivity contribution in [3.05, 3.63) is 35.3 Å². The molecule has 1 aliphatic rings. The van der Waals surface area contributed by atoms with Crippen LogP contribution in [-0.2, 0) is 18.3 Å². The lowest BCUT2D eigenvalue weighted by molar-refractivity contribution is -0.115. The number of carboxylic acids is 1. The molecule has 1 amide bonds. The highest BCUT2D eigenvalue weighted by molar-refractivity contribution is 6.03. The van der Waals surface area contributed by atoms with Crippen LogP contribution in [0.1, 0.15) is 16.1 Å². The van der Waals surface area contributed by atoms with Gasteiger partial charge in [-0.25, -0.2) is 9.18 Å². The van der Waals surface area contributed by atoms with Crippen molar-refractivity contribution in [3.63, 3.8) is 0 Å². The molecule has 1 aliphatic heterocycles. The number of aromatic nitrogens is 2. The molecule has 2 heterocycles. The number of hydrogen-bond donors (Lipinski definition) is 2. The van der Waals surface area contributed by atoms with Crippen molar-refractivity contribution in [1.82, 2.24) is 9.78 Å². The molecule has 0 fully saturated rings. The number of hydrogen-bond acceptors (Lipinski definition) is 3. The largest absolute Gasteiger partial charge is 0.476 e. The maximum Gasteiger partial charge on any atom is 0.356 e. The van der Waals surface area contributed by atoms with Crippen LogP contribution in [0.2, 0.25) is 0 Å². The van der Waals surface area contributed by atoms with Crippen LogP contribution in [0, 0.1) is 5.82 Å². The number of carbonyl (C=O) groups excluding carboxylic acids is 1. The van der Waals surface area contributed by atoms with Crippen molar-refractivity contribution in [3.8, 4) is 11.3 Å². The summed E-state index contributed by atoms with van der Waals surface area (Å²) in [6, 6.07) is 3.90. The lowest BCUT2D eigenvalue weighted by Crippen LogP contribution is -2.05. The second-order valence-corrected chi connectivity index (χ2v) is 4.56. The Morgan fingerprint density at radius 2 is 2.20 bits per heavy atom. The standard InChI is InChI=1S/C13H10FN3O3/c1-17-10(5-9(16-17)13(19)20)8-4-7(14)2-6-3-11(18)15-12(6)8/h2,4-5H,3H2,1H3,(H,15,18)(H,19,20). The molecular weight excluding hydrogens is 265 g/mol. The minimum absolute atomic E-state index is 0.115. The molecule has 1 aromatic heterocycles. The molecule has 102 valence electrons. The van der Waals surface area contributed by atoms with Crippen LogP contribution in [0.15, 0.2) is 18.2 Å². The average molecular weight is 275 g/mol. The lowest BCUT2D eigenvalue weighted by atomic mass is 10.0. The Hall–Kier alpha value is -2.70. The number of carboxylic acid groups (broad SMARTS) is 1. The Balaban J connectivity index is 2.21. The first-order chi connectivity index (χ1) is 9.45. The minimum atomic E-state index is -1.16. The van der Waals surface area contributed by atoms with Crippen LogP contribution in [0.3, 0.4) is 0 Å². The number of aryl methyl sites for hydroxylation is 1. The van der Waals surface area contributed by atoms with Gasteiger partial charge in [-0.3, -0.25) is 9.48 Å². The Morgan fingerprint density at radius 3 is 2.85 bits per heavy atom. The topological polar surface area (TPSA) is 84.2 Å². The van der Waals surface area contributed by atoms with Gasteiger partial charge in [0.05, 0.1) is 17.8 Å². The number of halogens is 1. The van der Waals surface area contributed by atoms with E-state index < -0.39 is 11.8 Å². The summed E-state index contributed by atoms with van der Waals surface area (Å²) in [7, 11) is 1.57. The molecule has 0 saturated carbocycles. The van der Waals surface area contributed by atoms with Crippen LogP contribution < -0.4 is 5.32 Å². The van der Waals surface area contributed by atoms with E-state index in [1.165, 1.54) is 22.9 Å². The van der Waals surface area contributed by atoms with Crippen molar-refractivity contribution in [2.75, 3.05) is 5.32 Å². The fourth-order valence-electron chi connectivity index (χ4n) is 2.33. The average Bonchev–Trinajstić information content (AvgIpc) is 2.90. The third-order valence-corrected chi connectivity index (χ3v) is 3.18. The first-order valence-electron chi connectivity index (χ1n) is 5.85. The number of rotatable bonds is 2. The van der Waals surface area contributed by atoms with E-state index in [1.807, 2.05) is 0 Å². The van der Waals surface area contributed by atoms with E-state index in [-0.39, 0.29) is 18.0 Å². The summed E-state index contributed by atoms with van der Waals surface area (Å²) in [4.78, 5) is 22.4. The van der Waals surface area contributed by atoms with E-state index in [4.69, 9.17) is 5.11 Å². The lowest BCUT2D eigenvalue weighted by Gasteiger charge is -2.08. The van der Waals surface area contributed by atoms with Crippen molar-refractivity contribution < 1.29 is 19.1 Å². The molecule has 0 atom stereocenters. The quantitative estimate of drug-likeness (QED) is 0.868. The molecular formula is C13H10FN3O3. The maximum absolute atomic E-state index is 13.6. The van der Waals surface area contributed by atoms with Gasteiger partial charge in [-0.15, -0.1) is 0 Å². The van der Waals surface area contributed by atoms with Gasteiger partial charge in [0.2, 0.25) is 5.91 Å². The zero-order chi connectivity index (χ0) is 14.4. The van der Waals surface area contributed by atoms with Gasteiger partial charge in [0.15, 0.2) is 5.69 Å². The Bertz CT molecular complexity index is 752. The van der Waals surface area contributed by atoms with E-state index in [1.54, 1.807) is 7.05 Å². The third-order valence-electron chi connectivity index (χ3n) is 3.18. The molecule has 0 unspecified atom stereocenters. The van der Waals surface area contributed by atoms with Crippen LogP contribution in [0.4, 0.5) is 10.1 Å². The molecule has 1 aromatic carbocycles. The van der Waals surface area contributed by atoms with Crippen LogP contribution >= 0.6 is 0 Å². The number of nitrogens with one attached hydrogen (secondary N) is 1.